The van der Waals surface area contributed by atoms with Gasteiger partial charge in [-0.25, -0.2) is 0 Å². The quantitative estimate of drug-likeness (QED) is 0.117. The van der Waals surface area contributed by atoms with Crippen molar-refractivity contribution < 1.29 is 48.6 Å². The zero-order valence-electron chi connectivity index (χ0n) is 29.5. The van der Waals surface area contributed by atoms with Gasteiger partial charge in [-0.2, -0.15) is 12.4 Å². The van der Waals surface area contributed by atoms with Crippen molar-refractivity contribution in [2.45, 2.75) is 90.6 Å². The summed E-state index contributed by atoms with van der Waals surface area (Å²) in [6.45, 7) is 26.6. The van der Waals surface area contributed by atoms with Crippen LogP contribution >= 0.6 is 15.8 Å². The summed E-state index contributed by atoms with van der Waals surface area (Å²) < 4.78 is 21.4. The first-order valence-corrected chi connectivity index (χ1v) is 20.5. The molecule has 2 aliphatic rings. The van der Waals surface area contributed by atoms with E-state index in [1.54, 1.807) is 54.3 Å². The van der Waals surface area contributed by atoms with E-state index in [9.17, 15) is 9.59 Å². The van der Waals surface area contributed by atoms with Gasteiger partial charge in [0.2, 0.25) is 0 Å². The minimum Gasteiger partial charge on any atom is -0.691 e. The zero-order valence-corrected chi connectivity index (χ0v) is 33.4. The fourth-order valence-corrected chi connectivity index (χ4v) is 6.37. The molecule has 0 N–H and O–H groups in total. The van der Waals surface area contributed by atoms with Gasteiger partial charge in [0, 0.05) is 98.2 Å². The van der Waals surface area contributed by atoms with Crippen molar-refractivity contribution in [1.82, 2.24) is 0 Å². The summed E-state index contributed by atoms with van der Waals surface area (Å²) >= 11 is 0. The van der Waals surface area contributed by atoms with Crippen molar-refractivity contribution in [3.63, 3.8) is 0 Å². The minimum absolute atomic E-state index is 0. The molecule has 43 heavy (non-hydrogen) atoms. The zero-order chi connectivity index (χ0) is 32.8. The molecule has 0 aromatic heterocycles. The number of Topliss-reactive ketones (excluding diaryl/α,β-unsaturated/α-hetero) is 2. The Morgan fingerprint density at radius 1 is 0.628 bits per heavy atom. The third-order valence-electron chi connectivity index (χ3n) is 6.75. The van der Waals surface area contributed by atoms with Gasteiger partial charge in [-0.15, -0.1) is 13.1 Å². The second-order valence-electron chi connectivity index (χ2n) is 13.4. The summed E-state index contributed by atoms with van der Waals surface area (Å²) in [7, 11) is 3.55. The van der Waals surface area contributed by atoms with Crippen molar-refractivity contribution in [1.29, 1.82) is 0 Å². The van der Waals surface area contributed by atoms with Gasteiger partial charge in [-0.1, -0.05) is 0 Å². The van der Waals surface area contributed by atoms with Crippen LogP contribution in [0.25, 0.3) is 10.6 Å². The fourth-order valence-electron chi connectivity index (χ4n) is 4.67. The predicted molar refractivity (Wildman–Crippen MR) is 184 cm³/mol. The molecule has 0 aliphatic carbocycles. The van der Waals surface area contributed by atoms with Crippen LogP contribution in [0, 0.1) is 0 Å². The molecule has 2 saturated heterocycles. The van der Waals surface area contributed by atoms with Crippen molar-refractivity contribution in [2.24, 2.45) is 0 Å². The summed E-state index contributed by atoms with van der Waals surface area (Å²) in [4.78, 5) is 24.7. The maximum absolute atomic E-state index is 12.4. The smallest absolute Gasteiger partial charge is 0.191 e. The van der Waals surface area contributed by atoms with Crippen LogP contribution in [0.1, 0.15) is 68.2 Å². The van der Waals surface area contributed by atoms with Crippen LogP contribution in [-0.4, -0.2) is 113 Å². The Hall–Kier alpha value is -0.231. The van der Waals surface area contributed by atoms with Crippen LogP contribution in [-0.2, 0) is 48.6 Å². The van der Waals surface area contributed by atoms with E-state index in [1.807, 2.05) is 27.7 Å². The van der Waals surface area contributed by atoms with E-state index in [-0.39, 0.29) is 47.5 Å². The molecule has 2 aliphatic heterocycles. The molecule has 0 spiro atoms. The first kappa shape index (κ1) is 44.9. The summed E-state index contributed by atoms with van der Waals surface area (Å²) in [6.07, 6.45) is 8.46. The average molecular weight is 732 g/mol. The molecule has 11 heteroatoms. The molecular weight excluding hydrogens is 669 g/mol. The number of ether oxygens (including phenoxy) is 4. The standard InChI is InChI=1S/C20H32N2O4.2C6H15OP.Tc/c1-17(2)13(15(23)19(5,6)25-17)11-21-9-10-22-12-14-16(24)20(7,8)26-18(14,3)4;2*1-7-5-4-6-8(2)3;/h11-12H,9-10H2,1-8H3,(H2,21,22,23,24);2*4-6H2,1-3H3;/i;;;1+1. The minimum atomic E-state index is -0.819. The molecule has 2 heterocycles. The molecule has 2 fully saturated rings. The van der Waals surface area contributed by atoms with Crippen LogP contribution in [0.5, 0.6) is 0 Å². The number of carbonyl (C=O) groups excluding carboxylic acids is 2. The third-order valence-corrected chi connectivity index (χ3v) is 9.46. The van der Waals surface area contributed by atoms with Gasteiger partial charge in [0.05, 0.1) is 23.5 Å². The van der Waals surface area contributed by atoms with Crippen LogP contribution in [0.15, 0.2) is 23.5 Å². The molecular formula is C32H62N2O6P2Tc. The Bertz CT molecular complexity index is 830. The molecule has 0 unspecified atom stereocenters. The van der Waals surface area contributed by atoms with Gasteiger partial charge in [0.15, 0.2) is 11.6 Å². The van der Waals surface area contributed by atoms with E-state index in [0.717, 1.165) is 13.2 Å². The van der Waals surface area contributed by atoms with Crippen molar-refractivity contribution >= 4 is 27.4 Å². The number of ketones is 2. The van der Waals surface area contributed by atoms with E-state index in [1.165, 1.54) is 25.2 Å². The van der Waals surface area contributed by atoms with Gasteiger partial charge >= 0.3 is 0 Å². The molecule has 1 radical (unpaired) electrons. The van der Waals surface area contributed by atoms with E-state index < -0.39 is 22.4 Å². The van der Waals surface area contributed by atoms with Crippen LogP contribution < -0.4 is 0 Å². The summed E-state index contributed by atoms with van der Waals surface area (Å²) in [5, 5.41) is 8.62. The number of nitrogens with zero attached hydrogens (tertiary/aromatic N) is 2. The molecule has 0 bridgehead atoms. The topological polar surface area (TPSA) is 99.3 Å². The number of rotatable bonds is 13. The molecule has 0 amide bonds. The Balaban J connectivity index is 0. The Morgan fingerprint density at radius 3 is 1.14 bits per heavy atom. The largest absolute Gasteiger partial charge is 0.691 e. The first-order chi connectivity index (χ1) is 19.2. The monoisotopic (exact) mass is 731 g/mol. The molecule has 0 aromatic carbocycles. The molecule has 0 saturated carbocycles. The summed E-state index contributed by atoms with van der Waals surface area (Å²) in [5.41, 5.74) is -1.79. The average Bonchev–Trinajstić information content (AvgIpc) is 3.10. The fraction of sp³-hybridized carbons (Fsp3) is 0.812. The number of methoxy groups -OCH3 is 2. The Morgan fingerprint density at radius 2 is 0.930 bits per heavy atom. The molecule has 2 rings (SSSR count). The Kier molecular flexibility index (Phi) is 21.7. The molecule has 0 atom stereocenters. The van der Waals surface area contributed by atoms with Gasteiger partial charge in [0.25, 0.3) is 0 Å². The van der Waals surface area contributed by atoms with Crippen LogP contribution in [0.4, 0.5) is 0 Å². The molecule has 8 nitrogen and oxygen atoms in total. The number of carbonyl (C=O) groups is 2. The van der Waals surface area contributed by atoms with Gasteiger partial charge in [-0.05, 0) is 71.2 Å². The van der Waals surface area contributed by atoms with E-state index in [2.05, 4.69) is 37.3 Å². The van der Waals surface area contributed by atoms with Crippen LogP contribution in [0.3, 0.4) is 0 Å². The van der Waals surface area contributed by atoms with Gasteiger partial charge < -0.3 is 29.6 Å². The maximum atomic E-state index is 12.4. The van der Waals surface area contributed by atoms with Gasteiger partial charge in [0.1, 0.15) is 11.2 Å². The van der Waals surface area contributed by atoms with E-state index >= 15 is 0 Å². The van der Waals surface area contributed by atoms with Gasteiger partial charge in [-0.3, -0.25) is 9.59 Å². The SMILES string of the molecule is CC1(C)OC(C)(C)/C(=C/[N-]CC[N-]/C=C2\C(=O)C(C)(C)OC2(C)C)C1=O.COCCC[PH+](C)C.COCCC[PH+](C)C.[99Tc]. The predicted octanol–water partition coefficient (Wildman–Crippen LogP) is 6.81. The molecule has 0 aromatic rings. The second-order valence-corrected chi connectivity index (χ2v) is 19.2. The van der Waals surface area contributed by atoms with Crippen molar-refractivity contribution in [3.8, 4) is 0 Å². The summed E-state index contributed by atoms with van der Waals surface area (Å²) in [6, 6.07) is 0. The van der Waals surface area contributed by atoms with Crippen molar-refractivity contribution in [3.05, 3.63) is 34.2 Å². The van der Waals surface area contributed by atoms with E-state index in [4.69, 9.17) is 18.9 Å². The number of hydrogen-bond acceptors (Lipinski definition) is 6. The third kappa shape index (κ3) is 16.8. The second kappa shape index (κ2) is 20.8. The van der Waals surface area contributed by atoms with Crippen LogP contribution in [0.2, 0.25) is 0 Å². The van der Waals surface area contributed by atoms with Crippen molar-refractivity contribution in [2.75, 3.05) is 79.5 Å². The normalized spacial score (nSPS) is 21.3. The molecule has 253 valence electrons. The summed E-state index contributed by atoms with van der Waals surface area (Å²) in [5.74, 6) is -0.0778. The first-order valence-electron chi connectivity index (χ1n) is 15.1. The number of hydrogen-bond donors (Lipinski definition) is 0. The maximum Gasteiger partial charge on any atom is 0.191 e. The van der Waals surface area contributed by atoms with E-state index in [0.29, 0.717) is 24.2 Å². The Labute approximate surface area is 279 Å².